The number of rotatable bonds is 4. The molecule has 1 aliphatic rings. The summed E-state index contributed by atoms with van der Waals surface area (Å²) in [6, 6.07) is 4.22. The maximum Gasteiger partial charge on any atom is 0.339 e. The van der Waals surface area contributed by atoms with Crippen LogP contribution in [0.3, 0.4) is 0 Å². The Labute approximate surface area is 114 Å². The van der Waals surface area contributed by atoms with Crippen LogP contribution < -0.4 is 5.32 Å². The Morgan fingerprint density at radius 3 is 2.74 bits per heavy atom. The number of carbonyl (C=O) groups excluding carboxylic acids is 1. The summed E-state index contributed by atoms with van der Waals surface area (Å²) in [5, 5.41) is 3.56. The first kappa shape index (κ1) is 14.0. The number of aromatic nitrogens is 1. The first-order chi connectivity index (χ1) is 9.11. The largest absolute Gasteiger partial charge is 0.465 e. The van der Waals surface area contributed by atoms with E-state index < -0.39 is 0 Å². The summed E-state index contributed by atoms with van der Waals surface area (Å²) in [7, 11) is 1.38. The topological polar surface area (TPSA) is 51.2 Å². The average molecular weight is 262 g/mol. The molecule has 1 fully saturated rings. The highest BCUT2D eigenvalue weighted by molar-refractivity contribution is 5.88. The molecule has 3 atom stereocenters. The molecule has 0 aliphatic heterocycles. The van der Waals surface area contributed by atoms with Crippen LogP contribution in [0.25, 0.3) is 0 Å². The number of hydrogen-bond acceptors (Lipinski definition) is 4. The van der Waals surface area contributed by atoms with Crippen LogP contribution in [-0.2, 0) is 11.3 Å². The molecule has 4 heteroatoms. The third kappa shape index (κ3) is 3.32. The molecule has 1 N–H and O–H groups in total. The molecule has 2 rings (SSSR count). The highest BCUT2D eigenvalue weighted by Gasteiger charge is 2.29. The van der Waals surface area contributed by atoms with Gasteiger partial charge in [-0.15, -0.1) is 0 Å². The molecule has 1 aliphatic carbocycles. The van der Waals surface area contributed by atoms with Crippen LogP contribution in [-0.4, -0.2) is 24.1 Å². The van der Waals surface area contributed by atoms with Crippen molar-refractivity contribution in [3.8, 4) is 0 Å². The molecule has 19 heavy (non-hydrogen) atoms. The van der Waals surface area contributed by atoms with Crippen LogP contribution in [0.15, 0.2) is 18.3 Å². The van der Waals surface area contributed by atoms with Gasteiger partial charge in [0.25, 0.3) is 0 Å². The molecule has 1 heterocycles. The molecule has 0 amide bonds. The number of hydrogen-bond donors (Lipinski definition) is 1. The standard InChI is InChI=1S/C15H22N2O2/c1-10-4-7-14(11(10)2)17-9-13-6-5-12(8-16-13)15(18)19-3/h5-6,8,10-11,14,17H,4,7,9H2,1-3H3. The number of nitrogens with one attached hydrogen (secondary N) is 1. The van der Waals surface area contributed by atoms with E-state index in [0.29, 0.717) is 17.5 Å². The van der Waals surface area contributed by atoms with Gasteiger partial charge in [-0.05, 0) is 36.8 Å². The minimum atomic E-state index is -0.342. The maximum absolute atomic E-state index is 11.3. The van der Waals surface area contributed by atoms with Gasteiger partial charge >= 0.3 is 5.97 Å². The van der Waals surface area contributed by atoms with Crippen molar-refractivity contribution in [2.45, 2.75) is 39.3 Å². The van der Waals surface area contributed by atoms with E-state index in [2.05, 4.69) is 28.9 Å². The van der Waals surface area contributed by atoms with E-state index >= 15 is 0 Å². The van der Waals surface area contributed by atoms with E-state index in [1.165, 1.54) is 20.0 Å². The summed E-state index contributed by atoms with van der Waals surface area (Å²) in [6.07, 6.45) is 4.11. The minimum absolute atomic E-state index is 0.342. The molecule has 1 aromatic heterocycles. The van der Waals surface area contributed by atoms with Gasteiger partial charge in [0.05, 0.1) is 18.4 Å². The third-order valence-electron chi connectivity index (χ3n) is 4.26. The van der Waals surface area contributed by atoms with Gasteiger partial charge in [0.15, 0.2) is 0 Å². The first-order valence-corrected chi connectivity index (χ1v) is 6.88. The van der Waals surface area contributed by atoms with Crippen molar-refractivity contribution >= 4 is 5.97 Å². The van der Waals surface area contributed by atoms with Crippen LogP contribution in [0.2, 0.25) is 0 Å². The molecular weight excluding hydrogens is 240 g/mol. The van der Waals surface area contributed by atoms with Crippen molar-refractivity contribution in [1.29, 1.82) is 0 Å². The van der Waals surface area contributed by atoms with E-state index in [4.69, 9.17) is 0 Å². The van der Waals surface area contributed by atoms with Gasteiger partial charge in [0, 0.05) is 18.8 Å². The first-order valence-electron chi connectivity index (χ1n) is 6.88. The molecular formula is C15H22N2O2. The summed E-state index contributed by atoms with van der Waals surface area (Å²) in [6.45, 7) is 5.38. The van der Waals surface area contributed by atoms with Gasteiger partial charge in [-0.2, -0.15) is 0 Å². The fourth-order valence-electron chi connectivity index (χ4n) is 2.66. The van der Waals surface area contributed by atoms with Gasteiger partial charge in [-0.25, -0.2) is 4.79 Å². The Bertz CT molecular complexity index is 430. The number of methoxy groups -OCH3 is 1. The van der Waals surface area contributed by atoms with Crippen LogP contribution in [0.4, 0.5) is 0 Å². The summed E-state index contributed by atoms with van der Waals surface area (Å²) in [4.78, 5) is 15.6. The Balaban J connectivity index is 1.88. The smallest absolute Gasteiger partial charge is 0.339 e. The highest BCUT2D eigenvalue weighted by Crippen LogP contribution is 2.31. The lowest BCUT2D eigenvalue weighted by atomic mass is 9.98. The van der Waals surface area contributed by atoms with Crippen molar-refractivity contribution in [3.63, 3.8) is 0 Å². The molecule has 1 aromatic rings. The van der Waals surface area contributed by atoms with Crippen molar-refractivity contribution in [2.24, 2.45) is 11.8 Å². The molecule has 0 radical (unpaired) electrons. The quantitative estimate of drug-likeness (QED) is 0.847. The minimum Gasteiger partial charge on any atom is -0.465 e. The van der Waals surface area contributed by atoms with Gasteiger partial charge in [0.1, 0.15) is 0 Å². The number of ether oxygens (including phenoxy) is 1. The Morgan fingerprint density at radius 2 is 2.21 bits per heavy atom. The molecule has 0 saturated heterocycles. The number of esters is 1. The van der Waals surface area contributed by atoms with Crippen LogP contribution in [0.1, 0.15) is 42.7 Å². The van der Waals surface area contributed by atoms with E-state index in [-0.39, 0.29) is 5.97 Å². The fourth-order valence-corrected chi connectivity index (χ4v) is 2.66. The highest BCUT2D eigenvalue weighted by atomic mass is 16.5. The van der Waals surface area contributed by atoms with Gasteiger partial charge in [-0.1, -0.05) is 13.8 Å². The fraction of sp³-hybridized carbons (Fsp3) is 0.600. The molecule has 0 spiro atoms. The lowest BCUT2D eigenvalue weighted by Gasteiger charge is -2.19. The van der Waals surface area contributed by atoms with E-state index in [9.17, 15) is 4.79 Å². The monoisotopic (exact) mass is 262 g/mol. The molecule has 1 saturated carbocycles. The Morgan fingerprint density at radius 1 is 1.42 bits per heavy atom. The zero-order valence-electron chi connectivity index (χ0n) is 11.8. The number of nitrogens with zero attached hydrogens (tertiary/aromatic N) is 1. The van der Waals surface area contributed by atoms with Crippen LogP contribution in [0.5, 0.6) is 0 Å². The Hall–Kier alpha value is -1.42. The number of carbonyl (C=O) groups is 1. The van der Waals surface area contributed by atoms with Crippen LogP contribution >= 0.6 is 0 Å². The molecule has 3 unspecified atom stereocenters. The molecule has 0 aromatic carbocycles. The van der Waals surface area contributed by atoms with Crippen molar-refractivity contribution < 1.29 is 9.53 Å². The normalized spacial score (nSPS) is 26.4. The predicted molar refractivity (Wildman–Crippen MR) is 73.8 cm³/mol. The maximum atomic E-state index is 11.3. The van der Waals surface area contributed by atoms with Gasteiger partial charge in [0.2, 0.25) is 0 Å². The lowest BCUT2D eigenvalue weighted by Crippen LogP contribution is -2.32. The Kier molecular flexibility index (Phi) is 4.53. The second-order valence-corrected chi connectivity index (χ2v) is 5.43. The second-order valence-electron chi connectivity index (χ2n) is 5.43. The van der Waals surface area contributed by atoms with Crippen molar-refractivity contribution in [2.75, 3.05) is 7.11 Å². The zero-order chi connectivity index (χ0) is 13.8. The van der Waals surface area contributed by atoms with Gasteiger partial charge < -0.3 is 10.1 Å². The summed E-state index contributed by atoms with van der Waals surface area (Å²) in [5.41, 5.74) is 1.45. The van der Waals surface area contributed by atoms with Crippen molar-refractivity contribution in [1.82, 2.24) is 10.3 Å². The summed E-state index contributed by atoms with van der Waals surface area (Å²) < 4.78 is 4.65. The lowest BCUT2D eigenvalue weighted by molar-refractivity contribution is 0.0600. The second kappa shape index (κ2) is 6.15. The molecule has 4 nitrogen and oxygen atoms in total. The summed E-state index contributed by atoms with van der Waals surface area (Å²) in [5.74, 6) is 1.17. The van der Waals surface area contributed by atoms with Gasteiger partial charge in [-0.3, -0.25) is 4.98 Å². The molecule has 0 bridgehead atoms. The SMILES string of the molecule is COC(=O)c1ccc(CNC2CCC(C)C2C)nc1. The zero-order valence-corrected chi connectivity index (χ0v) is 11.8. The average Bonchev–Trinajstić information content (AvgIpc) is 2.76. The molecule has 104 valence electrons. The number of pyridine rings is 1. The van der Waals surface area contributed by atoms with Crippen molar-refractivity contribution in [3.05, 3.63) is 29.6 Å². The van der Waals surface area contributed by atoms with E-state index in [1.54, 1.807) is 12.3 Å². The summed E-state index contributed by atoms with van der Waals surface area (Å²) >= 11 is 0. The van der Waals surface area contributed by atoms with E-state index in [0.717, 1.165) is 18.2 Å². The van der Waals surface area contributed by atoms with Crippen LogP contribution in [0, 0.1) is 11.8 Å². The predicted octanol–water partition coefficient (Wildman–Crippen LogP) is 2.39. The third-order valence-corrected chi connectivity index (χ3v) is 4.26. The van der Waals surface area contributed by atoms with E-state index in [1.807, 2.05) is 6.07 Å².